The number of rotatable bonds is 1. The minimum Gasteiger partial charge on any atom is -0.268 e. The van der Waals surface area contributed by atoms with E-state index < -0.39 is 0 Å². The Kier molecular flexibility index (Phi) is 2.85. The van der Waals surface area contributed by atoms with Gasteiger partial charge in [-0.25, -0.2) is 4.90 Å². The Morgan fingerprint density at radius 3 is 2.05 bits per heavy atom. The summed E-state index contributed by atoms with van der Waals surface area (Å²) in [4.78, 5) is 26.3. The van der Waals surface area contributed by atoms with Gasteiger partial charge in [-0.3, -0.25) is 9.59 Å². The van der Waals surface area contributed by atoms with Crippen LogP contribution in [-0.4, -0.2) is 16.7 Å². The van der Waals surface area contributed by atoms with E-state index >= 15 is 0 Å². The molecule has 1 heterocycles. The Bertz CT molecular complexity index is 604. The molecule has 20 heavy (non-hydrogen) atoms. The molecule has 0 saturated carbocycles. The van der Waals surface area contributed by atoms with Gasteiger partial charge in [0.25, 0.3) is 11.8 Å². The van der Waals surface area contributed by atoms with Crippen LogP contribution in [0.3, 0.4) is 0 Å². The summed E-state index contributed by atoms with van der Waals surface area (Å²) in [5.74, 6) is -0.442. The number of hydrogen-bond acceptors (Lipinski definition) is 2. The molecule has 2 aliphatic carbocycles. The highest BCUT2D eigenvalue weighted by Gasteiger charge is 2.38. The van der Waals surface area contributed by atoms with Crippen LogP contribution < -0.4 is 0 Å². The zero-order chi connectivity index (χ0) is 14.3. The standard InChI is InChI=1S/C17H17NO2/c1-17(2)10-8-13-14(9-11-17)16(20)18(15(13)19)12-6-4-3-5-7-12/h4,6-11H,3,5H2,1-2H3. The van der Waals surface area contributed by atoms with Gasteiger partial charge >= 0.3 is 0 Å². The summed E-state index contributed by atoms with van der Waals surface area (Å²) in [6.45, 7) is 4.09. The van der Waals surface area contributed by atoms with Crippen molar-refractivity contribution in [1.29, 1.82) is 0 Å². The molecule has 0 bridgehead atoms. The molecule has 0 aromatic heterocycles. The molecule has 0 N–H and O–H groups in total. The summed E-state index contributed by atoms with van der Waals surface area (Å²) in [5, 5.41) is 0. The Morgan fingerprint density at radius 1 is 0.950 bits per heavy atom. The first-order valence-electron chi connectivity index (χ1n) is 6.88. The number of amides is 2. The third kappa shape index (κ3) is 1.99. The second-order valence-corrected chi connectivity index (χ2v) is 5.87. The monoisotopic (exact) mass is 267 g/mol. The molecule has 0 unspecified atom stereocenters. The van der Waals surface area contributed by atoms with E-state index in [-0.39, 0.29) is 17.2 Å². The first kappa shape index (κ1) is 12.9. The Morgan fingerprint density at radius 2 is 1.55 bits per heavy atom. The summed E-state index contributed by atoms with van der Waals surface area (Å²) in [5.41, 5.74) is 1.55. The number of carbonyl (C=O) groups is 2. The van der Waals surface area contributed by atoms with Crippen molar-refractivity contribution in [3.05, 3.63) is 59.4 Å². The number of carbonyl (C=O) groups excluding carboxylic acids is 2. The van der Waals surface area contributed by atoms with Crippen LogP contribution in [0.25, 0.3) is 0 Å². The van der Waals surface area contributed by atoms with E-state index in [0.29, 0.717) is 16.8 Å². The van der Waals surface area contributed by atoms with E-state index in [9.17, 15) is 9.59 Å². The minimum atomic E-state index is -0.221. The van der Waals surface area contributed by atoms with Gasteiger partial charge < -0.3 is 0 Å². The van der Waals surface area contributed by atoms with Gasteiger partial charge in [-0.05, 0) is 18.9 Å². The molecule has 0 aromatic rings. The summed E-state index contributed by atoms with van der Waals surface area (Å²) in [6, 6.07) is 0. The van der Waals surface area contributed by atoms with Crippen LogP contribution in [0.4, 0.5) is 0 Å². The fourth-order valence-electron chi connectivity index (χ4n) is 2.54. The maximum atomic E-state index is 12.5. The van der Waals surface area contributed by atoms with Gasteiger partial charge in [-0.1, -0.05) is 50.3 Å². The van der Waals surface area contributed by atoms with Gasteiger partial charge in [0.05, 0.1) is 11.1 Å². The van der Waals surface area contributed by atoms with E-state index in [0.717, 1.165) is 12.8 Å². The van der Waals surface area contributed by atoms with Gasteiger partial charge in [0.1, 0.15) is 0 Å². The predicted octanol–water partition coefficient (Wildman–Crippen LogP) is 3.04. The van der Waals surface area contributed by atoms with E-state index in [1.165, 1.54) is 4.90 Å². The minimum absolute atomic E-state index is 0.139. The molecule has 3 heteroatoms. The fraction of sp³-hybridized carbons (Fsp3) is 0.294. The molecule has 0 fully saturated rings. The maximum absolute atomic E-state index is 12.5. The van der Waals surface area contributed by atoms with Crippen LogP contribution >= 0.6 is 0 Å². The summed E-state index contributed by atoms with van der Waals surface area (Å²) in [6.07, 6.45) is 15.1. The SMILES string of the molecule is CC1(C)C=CC2=C(C=C1)C(=O)N(C1=CCCC=C1)C2=O. The number of allylic oxidation sites excluding steroid dienone is 5. The normalized spacial score (nSPS) is 24.1. The van der Waals surface area contributed by atoms with E-state index in [1.807, 2.05) is 44.2 Å². The van der Waals surface area contributed by atoms with Crippen molar-refractivity contribution in [2.75, 3.05) is 0 Å². The second-order valence-electron chi connectivity index (χ2n) is 5.87. The van der Waals surface area contributed by atoms with Crippen LogP contribution in [0.5, 0.6) is 0 Å². The van der Waals surface area contributed by atoms with Gasteiger partial charge in [0.2, 0.25) is 0 Å². The molecule has 0 saturated heterocycles. The van der Waals surface area contributed by atoms with Crippen molar-refractivity contribution in [2.24, 2.45) is 5.41 Å². The van der Waals surface area contributed by atoms with Crippen molar-refractivity contribution in [3.63, 3.8) is 0 Å². The Labute approximate surface area is 118 Å². The van der Waals surface area contributed by atoms with E-state index in [2.05, 4.69) is 0 Å². The summed E-state index contributed by atoms with van der Waals surface area (Å²) in [7, 11) is 0. The summed E-state index contributed by atoms with van der Waals surface area (Å²) < 4.78 is 0. The lowest BCUT2D eigenvalue weighted by Gasteiger charge is -2.19. The predicted molar refractivity (Wildman–Crippen MR) is 77.4 cm³/mol. The third-order valence-corrected chi connectivity index (χ3v) is 3.75. The zero-order valence-electron chi connectivity index (χ0n) is 11.7. The first-order valence-corrected chi connectivity index (χ1v) is 6.88. The topological polar surface area (TPSA) is 37.4 Å². The molecule has 0 spiro atoms. The highest BCUT2D eigenvalue weighted by Crippen LogP contribution is 2.33. The molecule has 102 valence electrons. The molecular formula is C17H17NO2. The van der Waals surface area contributed by atoms with Crippen molar-refractivity contribution >= 4 is 11.8 Å². The number of hydrogen-bond donors (Lipinski definition) is 0. The van der Waals surface area contributed by atoms with E-state index in [4.69, 9.17) is 0 Å². The quantitative estimate of drug-likeness (QED) is 0.685. The molecule has 3 aliphatic rings. The van der Waals surface area contributed by atoms with Gasteiger partial charge in [-0.2, -0.15) is 0 Å². The molecule has 0 radical (unpaired) electrons. The van der Waals surface area contributed by atoms with Crippen LogP contribution in [-0.2, 0) is 9.59 Å². The fourth-order valence-corrected chi connectivity index (χ4v) is 2.54. The van der Waals surface area contributed by atoms with Crippen molar-refractivity contribution < 1.29 is 9.59 Å². The Balaban J connectivity index is 1.99. The lowest BCUT2D eigenvalue weighted by molar-refractivity contribution is -0.134. The average molecular weight is 267 g/mol. The molecule has 0 aromatic carbocycles. The van der Waals surface area contributed by atoms with Gasteiger partial charge in [-0.15, -0.1) is 0 Å². The molecule has 0 atom stereocenters. The van der Waals surface area contributed by atoms with Crippen LogP contribution in [0, 0.1) is 5.41 Å². The van der Waals surface area contributed by atoms with Crippen molar-refractivity contribution in [2.45, 2.75) is 26.7 Å². The zero-order valence-corrected chi connectivity index (χ0v) is 11.7. The lowest BCUT2D eigenvalue weighted by Crippen LogP contribution is -2.30. The smallest absolute Gasteiger partial charge is 0.266 e. The van der Waals surface area contributed by atoms with Crippen LogP contribution in [0.1, 0.15) is 26.7 Å². The van der Waals surface area contributed by atoms with Gasteiger partial charge in [0, 0.05) is 11.1 Å². The average Bonchev–Trinajstić information content (AvgIpc) is 2.55. The first-order chi connectivity index (χ1) is 9.49. The van der Waals surface area contributed by atoms with E-state index in [1.54, 1.807) is 12.2 Å². The molecule has 3 nitrogen and oxygen atoms in total. The number of nitrogens with zero attached hydrogens (tertiary/aromatic N) is 1. The molecular weight excluding hydrogens is 250 g/mol. The molecule has 3 rings (SSSR count). The second kappa shape index (κ2) is 4.44. The van der Waals surface area contributed by atoms with Crippen LogP contribution in [0.2, 0.25) is 0 Å². The maximum Gasteiger partial charge on any atom is 0.266 e. The van der Waals surface area contributed by atoms with Crippen molar-refractivity contribution in [1.82, 2.24) is 4.90 Å². The third-order valence-electron chi connectivity index (χ3n) is 3.75. The molecule has 1 aliphatic heterocycles. The lowest BCUT2D eigenvalue weighted by atomic mass is 9.93. The van der Waals surface area contributed by atoms with Gasteiger partial charge in [0.15, 0.2) is 0 Å². The summed E-state index contributed by atoms with van der Waals surface area (Å²) >= 11 is 0. The van der Waals surface area contributed by atoms with Crippen molar-refractivity contribution in [3.8, 4) is 0 Å². The Hall–Kier alpha value is -2.16. The highest BCUT2D eigenvalue weighted by atomic mass is 16.2. The van der Waals surface area contributed by atoms with Crippen LogP contribution in [0.15, 0.2) is 59.4 Å². The highest BCUT2D eigenvalue weighted by molar-refractivity contribution is 6.23. The number of imide groups is 1. The molecule has 2 amide bonds. The largest absolute Gasteiger partial charge is 0.268 e.